The van der Waals surface area contributed by atoms with Crippen LogP contribution in [0.25, 0.3) is 10.9 Å². The fourth-order valence-corrected chi connectivity index (χ4v) is 3.49. The maximum absolute atomic E-state index is 13.2. The number of ether oxygens (including phenoxy) is 4. The van der Waals surface area contributed by atoms with Gasteiger partial charge in [-0.3, -0.25) is 0 Å². The van der Waals surface area contributed by atoms with Crippen LogP contribution in [-0.4, -0.2) is 36.6 Å². The minimum atomic E-state index is -1.03. The number of carbonyl (C=O) groups excluding carboxylic acids is 3. The first-order valence-corrected chi connectivity index (χ1v) is 10.7. The van der Waals surface area contributed by atoms with E-state index in [0.29, 0.717) is 22.2 Å². The zero-order valence-corrected chi connectivity index (χ0v) is 18.8. The summed E-state index contributed by atoms with van der Waals surface area (Å²) in [5.74, 6) is 0.530. The summed E-state index contributed by atoms with van der Waals surface area (Å²) in [5.41, 5.74) is 0.969. The zero-order valence-electron chi connectivity index (χ0n) is 18.8. The molecule has 0 atom stereocenters. The lowest BCUT2D eigenvalue weighted by molar-refractivity contribution is 0.147. The number of methoxy groups -OCH3 is 1. The van der Waals surface area contributed by atoms with Crippen LogP contribution in [0, 0.1) is 0 Å². The average Bonchev–Trinajstić information content (AvgIpc) is 3.18. The number of amides is 1. The Hall–Kier alpha value is -4.79. The van der Waals surface area contributed by atoms with Crippen LogP contribution in [0.5, 0.6) is 17.4 Å². The molecule has 4 rings (SSSR count). The second kappa shape index (κ2) is 10.9. The Kier molecular flexibility index (Phi) is 7.27. The molecule has 35 heavy (non-hydrogen) atoms. The third kappa shape index (κ3) is 5.59. The highest BCUT2D eigenvalue weighted by atomic mass is 16.7. The van der Waals surface area contributed by atoms with Gasteiger partial charge in [0.2, 0.25) is 5.88 Å². The standard InChI is InChI=1S/C26H22N2O7/c1-32-24(29)27-17-16-21-20-14-8-9-15-22(20)28(25(30)33-18-10-4-2-5-11-18)23(21)35-26(31)34-19-12-6-3-7-13-19/h2-15H,16-17H2,1H3,(H,27,29). The molecule has 9 heteroatoms. The van der Waals surface area contributed by atoms with Gasteiger partial charge in [0.25, 0.3) is 0 Å². The molecule has 0 spiro atoms. The van der Waals surface area contributed by atoms with Gasteiger partial charge < -0.3 is 24.3 Å². The van der Waals surface area contributed by atoms with E-state index in [1.165, 1.54) is 11.7 Å². The van der Waals surface area contributed by atoms with Crippen molar-refractivity contribution in [3.8, 4) is 17.4 Å². The molecule has 0 saturated carbocycles. The minimum Gasteiger partial charge on any atom is -0.453 e. The van der Waals surface area contributed by atoms with Gasteiger partial charge in [-0.25, -0.2) is 19.0 Å². The first-order chi connectivity index (χ1) is 17.1. The van der Waals surface area contributed by atoms with Crippen molar-refractivity contribution < 1.29 is 33.3 Å². The van der Waals surface area contributed by atoms with Crippen LogP contribution in [0.3, 0.4) is 0 Å². The summed E-state index contributed by atoms with van der Waals surface area (Å²) < 4.78 is 22.1. The Morgan fingerprint density at radius 1 is 0.771 bits per heavy atom. The first kappa shape index (κ1) is 23.4. The smallest absolute Gasteiger partial charge is 0.453 e. The van der Waals surface area contributed by atoms with Crippen molar-refractivity contribution in [2.45, 2.75) is 6.42 Å². The third-order valence-electron chi connectivity index (χ3n) is 5.02. The van der Waals surface area contributed by atoms with Gasteiger partial charge in [-0.15, -0.1) is 0 Å². The number of para-hydroxylation sites is 3. The van der Waals surface area contributed by atoms with Crippen LogP contribution in [0.15, 0.2) is 84.9 Å². The maximum Gasteiger partial charge on any atom is 0.520 e. The van der Waals surface area contributed by atoms with Gasteiger partial charge in [0.05, 0.1) is 12.6 Å². The van der Waals surface area contributed by atoms with Crippen molar-refractivity contribution in [1.29, 1.82) is 0 Å². The topological polar surface area (TPSA) is 105 Å². The number of nitrogens with one attached hydrogen (secondary N) is 1. The second-order valence-electron chi connectivity index (χ2n) is 7.25. The Labute approximate surface area is 200 Å². The lowest BCUT2D eigenvalue weighted by Crippen LogP contribution is -2.26. The highest BCUT2D eigenvalue weighted by Gasteiger charge is 2.26. The number of aromatic nitrogens is 1. The predicted octanol–water partition coefficient (Wildman–Crippen LogP) is 5.16. The molecule has 1 aromatic heterocycles. The molecule has 1 N–H and O–H groups in total. The van der Waals surface area contributed by atoms with Crippen LogP contribution >= 0.6 is 0 Å². The maximum atomic E-state index is 13.2. The fraction of sp³-hybridized carbons (Fsp3) is 0.115. The van der Waals surface area contributed by atoms with Crippen molar-refractivity contribution >= 4 is 29.2 Å². The molecule has 3 aromatic carbocycles. The van der Waals surface area contributed by atoms with E-state index in [0.717, 1.165) is 0 Å². The molecule has 0 aliphatic heterocycles. The molecular formula is C26H22N2O7. The number of carbonyl (C=O) groups is 3. The lowest BCUT2D eigenvalue weighted by atomic mass is 10.1. The molecular weight excluding hydrogens is 452 g/mol. The normalized spacial score (nSPS) is 10.4. The van der Waals surface area contributed by atoms with E-state index in [1.807, 2.05) is 0 Å². The number of nitrogens with zero attached hydrogens (tertiary/aromatic N) is 1. The molecule has 0 bridgehead atoms. The molecule has 0 unspecified atom stereocenters. The van der Waals surface area contributed by atoms with Gasteiger partial charge in [0.15, 0.2) is 0 Å². The molecule has 178 valence electrons. The Balaban J connectivity index is 1.72. The number of hydrogen-bond acceptors (Lipinski definition) is 7. The number of fused-ring (bicyclic) bond motifs is 1. The summed E-state index contributed by atoms with van der Waals surface area (Å²) in [5, 5.41) is 3.23. The summed E-state index contributed by atoms with van der Waals surface area (Å²) >= 11 is 0. The predicted molar refractivity (Wildman–Crippen MR) is 127 cm³/mol. The Bertz CT molecular complexity index is 1330. The van der Waals surface area contributed by atoms with Crippen LogP contribution in [0.2, 0.25) is 0 Å². The highest BCUT2D eigenvalue weighted by molar-refractivity contribution is 5.96. The monoisotopic (exact) mass is 474 g/mol. The molecule has 0 fully saturated rings. The minimum absolute atomic E-state index is 0.0697. The van der Waals surface area contributed by atoms with E-state index in [4.69, 9.17) is 14.2 Å². The van der Waals surface area contributed by atoms with Gasteiger partial charge >= 0.3 is 18.3 Å². The van der Waals surface area contributed by atoms with Crippen molar-refractivity contribution in [2.75, 3.05) is 13.7 Å². The molecule has 0 radical (unpaired) electrons. The number of hydrogen-bond donors (Lipinski definition) is 1. The third-order valence-corrected chi connectivity index (χ3v) is 5.02. The fourth-order valence-electron chi connectivity index (χ4n) is 3.49. The van der Waals surface area contributed by atoms with E-state index in [9.17, 15) is 14.4 Å². The van der Waals surface area contributed by atoms with Gasteiger partial charge in [0, 0.05) is 17.5 Å². The summed E-state index contributed by atoms with van der Waals surface area (Å²) in [6.07, 6.45) is -2.19. The van der Waals surface area contributed by atoms with Gasteiger partial charge in [-0.2, -0.15) is 0 Å². The van der Waals surface area contributed by atoms with E-state index in [2.05, 4.69) is 10.1 Å². The van der Waals surface area contributed by atoms with Crippen LogP contribution in [0.4, 0.5) is 14.4 Å². The van der Waals surface area contributed by atoms with Gasteiger partial charge in [-0.05, 0) is 36.8 Å². The average molecular weight is 474 g/mol. The molecule has 0 saturated heterocycles. The summed E-state index contributed by atoms with van der Waals surface area (Å²) in [7, 11) is 1.26. The molecule has 1 heterocycles. The van der Waals surface area contributed by atoms with Crippen LogP contribution in [-0.2, 0) is 11.2 Å². The van der Waals surface area contributed by atoms with E-state index >= 15 is 0 Å². The summed E-state index contributed by atoms with van der Waals surface area (Å²) in [4.78, 5) is 37.5. The van der Waals surface area contributed by atoms with Crippen LogP contribution < -0.4 is 19.5 Å². The molecule has 0 aliphatic carbocycles. The Morgan fingerprint density at radius 3 is 2.03 bits per heavy atom. The van der Waals surface area contributed by atoms with E-state index in [1.54, 1.807) is 84.9 Å². The molecule has 9 nitrogen and oxygen atoms in total. The van der Waals surface area contributed by atoms with Crippen LogP contribution in [0.1, 0.15) is 5.56 Å². The van der Waals surface area contributed by atoms with Crippen molar-refractivity contribution in [3.05, 3.63) is 90.5 Å². The van der Waals surface area contributed by atoms with Crippen molar-refractivity contribution in [2.24, 2.45) is 0 Å². The summed E-state index contributed by atoms with van der Waals surface area (Å²) in [6, 6.07) is 23.9. The quantitative estimate of drug-likeness (QED) is 0.304. The van der Waals surface area contributed by atoms with E-state index in [-0.39, 0.29) is 24.6 Å². The second-order valence-corrected chi connectivity index (χ2v) is 7.25. The van der Waals surface area contributed by atoms with Gasteiger partial charge in [0.1, 0.15) is 11.5 Å². The molecule has 4 aromatic rings. The first-order valence-electron chi connectivity index (χ1n) is 10.7. The highest BCUT2D eigenvalue weighted by Crippen LogP contribution is 2.33. The number of alkyl carbamates (subject to hydrolysis) is 1. The Morgan fingerprint density at radius 2 is 1.37 bits per heavy atom. The summed E-state index contributed by atoms with van der Waals surface area (Å²) in [6.45, 7) is 0.165. The lowest BCUT2D eigenvalue weighted by Gasteiger charge is -2.12. The van der Waals surface area contributed by atoms with E-state index < -0.39 is 18.3 Å². The number of rotatable bonds is 6. The van der Waals surface area contributed by atoms with Crippen molar-refractivity contribution in [3.63, 3.8) is 0 Å². The molecule has 1 amide bonds. The van der Waals surface area contributed by atoms with Crippen molar-refractivity contribution in [1.82, 2.24) is 9.88 Å². The zero-order chi connectivity index (χ0) is 24.6. The molecule has 0 aliphatic rings. The SMILES string of the molecule is COC(=O)NCCc1c(OC(=O)Oc2ccccc2)n(C(=O)Oc2ccccc2)c2ccccc12. The largest absolute Gasteiger partial charge is 0.520 e. The number of benzene rings is 3. The van der Waals surface area contributed by atoms with Gasteiger partial charge in [-0.1, -0.05) is 54.6 Å².